The average Bonchev–Trinajstić information content (AvgIpc) is 3.30. The van der Waals surface area contributed by atoms with Crippen LogP contribution < -0.4 is 15.0 Å². The molecule has 4 rings (SSSR count). The Bertz CT molecular complexity index is 847. The smallest absolute Gasteiger partial charge is 0.235 e. The van der Waals surface area contributed by atoms with E-state index in [1.165, 1.54) is 12.8 Å². The van der Waals surface area contributed by atoms with Gasteiger partial charge in [0.15, 0.2) is 0 Å². The summed E-state index contributed by atoms with van der Waals surface area (Å²) in [4.78, 5) is 24.7. The highest BCUT2D eigenvalue weighted by Crippen LogP contribution is 2.52. The summed E-state index contributed by atoms with van der Waals surface area (Å²) in [7, 11) is 1.64. The van der Waals surface area contributed by atoms with Gasteiger partial charge in [0.25, 0.3) is 0 Å². The lowest BCUT2D eigenvalue weighted by atomic mass is 9.93. The maximum atomic E-state index is 13.2. The molecular formula is C21H26N4O2. The van der Waals surface area contributed by atoms with Crippen molar-refractivity contribution >= 4 is 17.5 Å². The van der Waals surface area contributed by atoms with E-state index >= 15 is 0 Å². The van der Waals surface area contributed by atoms with Crippen molar-refractivity contribution in [1.82, 2.24) is 9.97 Å². The number of ether oxygens (including phenoxy) is 1. The van der Waals surface area contributed by atoms with Gasteiger partial charge in [0, 0.05) is 18.7 Å². The predicted molar refractivity (Wildman–Crippen MR) is 105 cm³/mol. The first kappa shape index (κ1) is 17.8. The number of rotatable bonds is 5. The monoisotopic (exact) mass is 366 g/mol. The number of anilines is 2. The van der Waals surface area contributed by atoms with Crippen molar-refractivity contribution in [1.29, 1.82) is 0 Å². The van der Waals surface area contributed by atoms with Gasteiger partial charge in [0.2, 0.25) is 11.9 Å². The van der Waals surface area contributed by atoms with Gasteiger partial charge in [-0.2, -0.15) is 0 Å². The van der Waals surface area contributed by atoms with Gasteiger partial charge in [-0.25, -0.2) is 9.97 Å². The molecule has 6 heteroatoms. The first-order valence-electron chi connectivity index (χ1n) is 9.60. The van der Waals surface area contributed by atoms with Crippen LogP contribution in [-0.2, 0) is 10.2 Å². The van der Waals surface area contributed by atoms with Gasteiger partial charge in [-0.1, -0.05) is 18.2 Å². The Hall–Kier alpha value is -2.63. The number of methoxy groups -OCH3 is 1. The van der Waals surface area contributed by atoms with Crippen molar-refractivity contribution in [2.45, 2.75) is 44.9 Å². The Morgan fingerprint density at radius 3 is 2.33 bits per heavy atom. The number of hydrogen-bond acceptors (Lipinski definition) is 5. The highest BCUT2D eigenvalue weighted by atomic mass is 16.5. The van der Waals surface area contributed by atoms with Crippen molar-refractivity contribution in [2.75, 3.05) is 30.4 Å². The van der Waals surface area contributed by atoms with Gasteiger partial charge in [0.05, 0.1) is 29.6 Å². The Morgan fingerprint density at radius 1 is 1.11 bits per heavy atom. The van der Waals surface area contributed by atoms with Crippen molar-refractivity contribution in [3.05, 3.63) is 41.2 Å². The minimum absolute atomic E-state index is 0.00396. The molecule has 0 radical (unpaired) electrons. The van der Waals surface area contributed by atoms with Crippen LogP contribution in [-0.4, -0.2) is 36.1 Å². The minimum atomic E-state index is -0.515. The van der Waals surface area contributed by atoms with Gasteiger partial charge in [-0.3, -0.25) is 4.79 Å². The second-order valence-electron chi connectivity index (χ2n) is 7.50. The standard InChI is InChI=1S/C21H26N4O2/c1-14-18(15(2)23-20(22-14)25-12-6-7-13-25)24-19(26)21(10-11-21)16-8-4-5-9-17(16)27-3/h4-5,8-9H,6-7,10-13H2,1-3H3,(H,24,26). The first-order valence-corrected chi connectivity index (χ1v) is 9.60. The van der Waals surface area contributed by atoms with E-state index in [4.69, 9.17) is 4.74 Å². The van der Waals surface area contributed by atoms with Crippen LogP contribution >= 0.6 is 0 Å². The zero-order valence-electron chi connectivity index (χ0n) is 16.2. The van der Waals surface area contributed by atoms with Crippen LogP contribution in [0.15, 0.2) is 24.3 Å². The molecule has 1 aromatic carbocycles. The Morgan fingerprint density at radius 2 is 1.74 bits per heavy atom. The third-order valence-corrected chi connectivity index (χ3v) is 5.69. The van der Waals surface area contributed by atoms with Gasteiger partial charge in [-0.15, -0.1) is 0 Å². The lowest BCUT2D eigenvalue weighted by Gasteiger charge is -2.21. The molecule has 0 unspecified atom stereocenters. The molecular weight excluding hydrogens is 340 g/mol. The third kappa shape index (κ3) is 3.13. The minimum Gasteiger partial charge on any atom is -0.496 e. The number of amides is 1. The van der Waals surface area contributed by atoms with E-state index in [0.29, 0.717) is 0 Å². The van der Waals surface area contributed by atoms with Gasteiger partial charge in [0.1, 0.15) is 5.75 Å². The molecule has 1 amide bonds. The third-order valence-electron chi connectivity index (χ3n) is 5.69. The van der Waals surface area contributed by atoms with Gasteiger partial charge >= 0.3 is 0 Å². The molecule has 1 saturated carbocycles. The summed E-state index contributed by atoms with van der Waals surface area (Å²) in [6.07, 6.45) is 4.01. The number of carbonyl (C=O) groups is 1. The molecule has 1 aromatic heterocycles. The topological polar surface area (TPSA) is 67.3 Å². The van der Waals surface area contributed by atoms with Crippen molar-refractivity contribution in [3.8, 4) is 5.75 Å². The number of aryl methyl sites for hydroxylation is 2. The molecule has 0 spiro atoms. The molecule has 1 aliphatic heterocycles. The summed E-state index contributed by atoms with van der Waals surface area (Å²) in [5, 5.41) is 3.11. The second-order valence-corrected chi connectivity index (χ2v) is 7.50. The molecule has 2 aliphatic rings. The van der Waals surface area contributed by atoms with E-state index in [0.717, 1.165) is 60.3 Å². The number of benzene rings is 1. The van der Waals surface area contributed by atoms with E-state index < -0.39 is 5.41 Å². The highest BCUT2D eigenvalue weighted by Gasteiger charge is 2.53. The van der Waals surface area contributed by atoms with Crippen LogP contribution in [0.3, 0.4) is 0 Å². The molecule has 27 heavy (non-hydrogen) atoms. The van der Waals surface area contributed by atoms with E-state index in [-0.39, 0.29) is 5.91 Å². The summed E-state index contributed by atoms with van der Waals surface area (Å²) in [5.41, 5.74) is 2.79. The fourth-order valence-electron chi connectivity index (χ4n) is 3.95. The number of carbonyl (C=O) groups excluding carboxylic acids is 1. The van der Waals surface area contributed by atoms with Crippen molar-refractivity contribution in [3.63, 3.8) is 0 Å². The fraction of sp³-hybridized carbons (Fsp3) is 0.476. The average molecular weight is 366 g/mol. The summed E-state index contributed by atoms with van der Waals surface area (Å²) >= 11 is 0. The van der Waals surface area contributed by atoms with Crippen molar-refractivity contribution in [2.24, 2.45) is 0 Å². The lowest BCUT2D eigenvalue weighted by molar-refractivity contribution is -0.118. The molecule has 0 atom stereocenters. The Balaban J connectivity index is 1.60. The van der Waals surface area contributed by atoms with Crippen molar-refractivity contribution < 1.29 is 9.53 Å². The zero-order chi connectivity index (χ0) is 19.0. The first-order chi connectivity index (χ1) is 13.0. The van der Waals surface area contributed by atoms with E-state index in [1.54, 1.807) is 7.11 Å². The van der Waals surface area contributed by atoms with Crippen LogP contribution in [0, 0.1) is 13.8 Å². The van der Waals surface area contributed by atoms with Crippen LogP contribution in [0.2, 0.25) is 0 Å². The summed E-state index contributed by atoms with van der Waals surface area (Å²) in [5.74, 6) is 1.53. The molecule has 2 aromatic rings. The maximum absolute atomic E-state index is 13.2. The Labute approximate surface area is 160 Å². The SMILES string of the molecule is COc1ccccc1C1(C(=O)Nc2c(C)nc(N3CCCC3)nc2C)CC1. The number of para-hydroxylation sites is 1. The molecule has 2 heterocycles. The van der Waals surface area contributed by atoms with Crippen LogP contribution in [0.1, 0.15) is 42.6 Å². The molecule has 6 nitrogen and oxygen atoms in total. The second kappa shape index (κ2) is 6.83. The zero-order valence-corrected chi connectivity index (χ0v) is 16.2. The number of nitrogens with one attached hydrogen (secondary N) is 1. The molecule has 1 aliphatic carbocycles. The van der Waals surface area contributed by atoms with Crippen LogP contribution in [0.5, 0.6) is 5.75 Å². The van der Waals surface area contributed by atoms with Gasteiger partial charge in [-0.05, 0) is 45.6 Å². The molecule has 2 fully saturated rings. The molecule has 0 bridgehead atoms. The van der Waals surface area contributed by atoms with E-state index in [1.807, 2.05) is 38.1 Å². The fourth-order valence-corrected chi connectivity index (χ4v) is 3.95. The van der Waals surface area contributed by atoms with E-state index in [2.05, 4.69) is 20.2 Å². The lowest BCUT2D eigenvalue weighted by Crippen LogP contribution is -2.29. The molecule has 142 valence electrons. The number of aromatic nitrogens is 2. The molecule has 1 N–H and O–H groups in total. The summed E-state index contributed by atoms with van der Waals surface area (Å²) in [6, 6.07) is 7.77. The van der Waals surface area contributed by atoms with E-state index in [9.17, 15) is 4.79 Å². The number of hydrogen-bond donors (Lipinski definition) is 1. The number of nitrogens with zero attached hydrogens (tertiary/aromatic N) is 3. The Kier molecular flexibility index (Phi) is 4.50. The van der Waals surface area contributed by atoms with Crippen LogP contribution in [0.25, 0.3) is 0 Å². The molecule has 1 saturated heterocycles. The highest BCUT2D eigenvalue weighted by molar-refractivity contribution is 6.02. The van der Waals surface area contributed by atoms with Gasteiger partial charge < -0.3 is 15.0 Å². The largest absolute Gasteiger partial charge is 0.496 e. The maximum Gasteiger partial charge on any atom is 0.235 e. The summed E-state index contributed by atoms with van der Waals surface area (Å²) < 4.78 is 5.48. The predicted octanol–water partition coefficient (Wildman–Crippen LogP) is 3.37. The normalized spacial score (nSPS) is 17.7. The quantitative estimate of drug-likeness (QED) is 0.879. The van der Waals surface area contributed by atoms with Crippen LogP contribution in [0.4, 0.5) is 11.6 Å². The summed E-state index contributed by atoms with van der Waals surface area (Å²) in [6.45, 7) is 5.88.